The van der Waals surface area contributed by atoms with Crippen molar-refractivity contribution >= 4 is 7.92 Å². The average Bonchev–Trinajstić information content (AvgIpc) is 2.58. The first-order valence-electron chi connectivity index (χ1n) is 10.2. The van der Waals surface area contributed by atoms with Gasteiger partial charge in [0.05, 0.1) is 0 Å². The van der Waals surface area contributed by atoms with Crippen molar-refractivity contribution in [1.29, 1.82) is 0 Å². The van der Waals surface area contributed by atoms with E-state index in [1.807, 2.05) is 0 Å². The molecule has 21 heavy (non-hydrogen) atoms. The van der Waals surface area contributed by atoms with Crippen molar-refractivity contribution in [2.24, 2.45) is 5.92 Å². The lowest BCUT2D eigenvalue weighted by Crippen LogP contribution is -2.29. The topological polar surface area (TPSA) is 0 Å². The molecule has 0 amide bonds. The van der Waals surface area contributed by atoms with E-state index in [1.54, 1.807) is 77.0 Å². The van der Waals surface area contributed by atoms with Gasteiger partial charge in [0, 0.05) is 0 Å². The average molecular weight is 308 g/mol. The normalized spacial score (nSPS) is 33.4. The standard InChI is InChI=1S/C20H37P/c1-2-17-13-15-20(16-14-17)21(18-9-5-3-6-10-18)19-11-7-4-8-12-19/h17-20H,2-16H2,1H3. The maximum atomic E-state index is 2.41. The Kier molecular flexibility index (Phi) is 6.46. The van der Waals surface area contributed by atoms with Crippen LogP contribution in [0.15, 0.2) is 0 Å². The van der Waals surface area contributed by atoms with E-state index >= 15 is 0 Å². The van der Waals surface area contributed by atoms with Gasteiger partial charge in [-0.25, -0.2) is 0 Å². The summed E-state index contributed by atoms with van der Waals surface area (Å²) >= 11 is 0. The Balaban J connectivity index is 1.65. The molecule has 0 heterocycles. The molecule has 122 valence electrons. The summed E-state index contributed by atoms with van der Waals surface area (Å²) in [5.41, 5.74) is 3.54. The molecule has 3 fully saturated rings. The zero-order valence-electron chi connectivity index (χ0n) is 14.4. The Morgan fingerprint density at radius 2 is 1.00 bits per heavy atom. The predicted octanol–water partition coefficient (Wildman–Crippen LogP) is 7.10. The predicted molar refractivity (Wildman–Crippen MR) is 96.7 cm³/mol. The highest BCUT2D eigenvalue weighted by molar-refractivity contribution is 7.60. The van der Waals surface area contributed by atoms with Crippen molar-refractivity contribution in [2.75, 3.05) is 0 Å². The summed E-state index contributed by atoms with van der Waals surface area (Å²) in [5.74, 6) is 1.08. The second kappa shape index (κ2) is 8.33. The van der Waals surface area contributed by atoms with Gasteiger partial charge in [0.2, 0.25) is 0 Å². The summed E-state index contributed by atoms with van der Waals surface area (Å²) in [6.07, 6.45) is 23.5. The maximum absolute atomic E-state index is 2.41. The van der Waals surface area contributed by atoms with Gasteiger partial charge >= 0.3 is 0 Å². The molecule has 0 spiro atoms. The van der Waals surface area contributed by atoms with Gasteiger partial charge in [-0.15, -0.1) is 0 Å². The fraction of sp³-hybridized carbons (Fsp3) is 1.00. The molecule has 0 aromatic carbocycles. The van der Waals surface area contributed by atoms with Crippen LogP contribution in [0, 0.1) is 5.92 Å². The van der Waals surface area contributed by atoms with Gasteiger partial charge in [-0.05, 0) is 74.3 Å². The van der Waals surface area contributed by atoms with Gasteiger partial charge < -0.3 is 0 Å². The van der Waals surface area contributed by atoms with Crippen LogP contribution >= 0.6 is 7.92 Å². The third kappa shape index (κ3) is 4.25. The first-order valence-corrected chi connectivity index (χ1v) is 11.7. The zero-order valence-corrected chi connectivity index (χ0v) is 15.3. The summed E-state index contributed by atoms with van der Waals surface area (Å²) in [5, 5.41) is 0. The van der Waals surface area contributed by atoms with E-state index in [0.717, 1.165) is 5.92 Å². The van der Waals surface area contributed by atoms with Gasteiger partial charge in [-0.3, -0.25) is 0 Å². The summed E-state index contributed by atoms with van der Waals surface area (Å²) in [4.78, 5) is 0. The number of rotatable bonds is 4. The van der Waals surface area contributed by atoms with Gasteiger partial charge in [-0.1, -0.05) is 59.8 Å². The van der Waals surface area contributed by atoms with Gasteiger partial charge in [0.25, 0.3) is 0 Å². The van der Waals surface area contributed by atoms with E-state index in [0.29, 0.717) is 7.92 Å². The summed E-state index contributed by atoms with van der Waals surface area (Å²) < 4.78 is 0. The van der Waals surface area contributed by atoms with E-state index in [1.165, 1.54) is 36.2 Å². The molecule has 3 aliphatic rings. The Morgan fingerprint density at radius 1 is 0.571 bits per heavy atom. The van der Waals surface area contributed by atoms with Crippen LogP contribution in [0.25, 0.3) is 0 Å². The molecule has 0 bridgehead atoms. The van der Waals surface area contributed by atoms with Crippen molar-refractivity contribution in [3.05, 3.63) is 0 Å². The van der Waals surface area contributed by atoms with E-state index in [-0.39, 0.29) is 0 Å². The summed E-state index contributed by atoms with van der Waals surface area (Å²) in [7, 11) is 0.361. The van der Waals surface area contributed by atoms with Crippen LogP contribution in [0.3, 0.4) is 0 Å². The van der Waals surface area contributed by atoms with Crippen LogP contribution in [-0.2, 0) is 0 Å². The zero-order chi connectivity index (χ0) is 14.5. The Bertz CT molecular complexity index is 262. The SMILES string of the molecule is CCC1CCC(P(C2CCCCC2)C2CCCCC2)CC1. The molecule has 0 radical (unpaired) electrons. The third-order valence-corrected chi connectivity index (χ3v) is 10.9. The number of hydrogen-bond donors (Lipinski definition) is 0. The van der Waals surface area contributed by atoms with Crippen LogP contribution in [0.5, 0.6) is 0 Å². The summed E-state index contributed by atoms with van der Waals surface area (Å²) in [6.45, 7) is 2.41. The molecular formula is C20H37P. The molecule has 1 heteroatoms. The molecule has 3 rings (SSSR count). The molecular weight excluding hydrogens is 271 g/mol. The minimum absolute atomic E-state index is 0.361. The lowest BCUT2D eigenvalue weighted by atomic mass is 9.87. The lowest BCUT2D eigenvalue weighted by Gasteiger charge is -2.45. The highest BCUT2D eigenvalue weighted by Crippen LogP contribution is 2.62. The van der Waals surface area contributed by atoms with Gasteiger partial charge in [0.15, 0.2) is 0 Å². The van der Waals surface area contributed by atoms with Crippen molar-refractivity contribution in [2.45, 2.75) is 120 Å². The second-order valence-electron chi connectivity index (χ2n) is 8.11. The summed E-state index contributed by atoms with van der Waals surface area (Å²) in [6, 6.07) is 0. The smallest absolute Gasteiger partial charge is 0.0204 e. The molecule has 0 nitrogen and oxygen atoms in total. The molecule has 3 aliphatic carbocycles. The molecule has 3 saturated carbocycles. The first kappa shape index (κ1) is 16.3. The van der Waals surface area contributed by atoms with Gasteiger partial charge in [-0.2, -0.15) is 0 Å². The molecule has 0 N–H and O–H groups in total. The van der Waals surface area contributed by atoms with Crippen molar-refractivity contribution < 1.29 is 0 Å². The quantitative estimate of drug-likeness (QED) is 0.486. The largest absolute Gasteiger partial charge is 0.0971 e. The van der Waals surface area contributed by atoms with E-state index in [9.17, 15) is 0 Å². The Morgan fingerprint density at radius 3 is 1.43 bits per heavy atom. The highest BCUT2D eigenvalue weighted by Gasteiger charge is 2.37. The first-order chi connectivity index (χ1) is 10.4. The van der Waals surface area contributed by atoms with Crippen LogP contribution in [-0.4, -0.2) is 17.0 Å². The molecule has 0 aromatic heterocycles. The van der Waals surface area contributed by atoms with Crippen molar-refractivity contribution in [3.8, 4) is 0 Å². The van der Waals surface area contributed by atoms with Crippen molar-refractivity contribution in [3.63, 3.8) is 0 Å². The number of hydrogen-bond acceptors (Lipinski definition) is 0. The van der Waals surface area contributed by atoms with Crippen LogP contribution < -0.4 is 0 Å². The van der Waals surface area contributed by atoms with E-state index in [4.69, 9.17) is 0 Å². The van der Waals surface area contributed by atoms with Crippen LogP contribution in [0.2, 0.25) is 0 Å². The molecule has 0 saturated heterocycles. The van der Waals surface area contributed by atoms with Crippen LogP contribution in [0.4, 0.5) is 0 Å². The van der Waals surface area contributed by atoms with Crippen molar-refractivity contribution in [1.82, 2.24) is 0 Å². The van der Waals surface area contributed by atoms with Crippen LogP contribution in [0.1, 0.15) is 103 Å². The minimum atomic E-state index is 0.361. The minimum Gasteiger partial charge on any atom is -0.0971 e. The maximum Gasteiger partial charge on any atom is -0.0204 e. The fourth-order valence-electron chi connectivity index (χ4n) is 5.50. The fourth-order valence-corrected chi connectivity index (χ4v) is 10.1. The molecule has 0 aromatic rings. The molecule has 0 aliphatic heterocycles. The van der Waals surface area contributed by atoms with Gasteiger partial charge in [0.1, 0.15) is 0 Å². The Hall–Kier alpha value is 0.430. The highest BCUT2D eigenvalue weighted by atomic mass is 31.1. The lowest BCUT2D eigenvalue weighted by molar-refractivity contribution is 0.349. The van der Waals surface area contributed by atoms with E-state index in [2.05, 4.69) is 6.92 Å². The second-order valence-corrected chi connectivity index (χ2v) is 11.2. The monoisotopic (exact) mass is 308 g/mol. The Labute approximate surface area is 134 Å². The van der Waals surface area contributed by atoms with E-state index < -0.39 is 0 Å². The molecule has 0 atom stereocenters. The third-order valence-electron chi connectivity index (χ3n) is 6.81. The molecule has 0 unspecified atom stereocenters.